The molecule has 1 unspecified atom stereocenters. The molecular formula is C31H29Cl2N7O4. The van der Waals surface area contributed by atoms with Crippen LogP contribution in [-0.4, -0.2) is 65.3 Å². The summed E-state index contributed by atoms with van der Waals surface area (Å²) in [6.45, 7) is 7.76. The molecule has 6 rings (SSSR count). The van der Waals surface area contributed by atoms with Gasteiger partial charge in [0.1, 0.15) is 17.1 Å². The number of methoxy groups -OCH3 is 2. The quantitative estimate of drug-likeness (QED) is 0.188. The summed E-state index contributed by atoms with van der Waals surface area (Å²) in [5.41, 5.74) is 4.48. The summed E-state index contributed by atoms with van der Waals surface area (Å²) in [5, 5.41) is 7.52. The summed E-state index contributed by atoms with van der Waals surface area (Å²) in [4.78, 5) is 28.5. The molecule has 11 nitrogen and oxygen atoms in total. The first kappa shape index (κ1) is 29.5. The first-order valence-electron chi connectivity index (χ1n) is 13.8. The highest BCUT2D eigenvalue weighted by Crippen LogP contribution is 2.47. The van der Waals surface area contributed by atoms with Crippen LogP contribution in [-0.2, 0) is 9.53 Å². The number of benzene rings is 2. The zero-order chi connectivity index (χ0) is 31.0. The number of halogens is 2. The lowest BCUT2D eigenvalue weighted by Gasteiger charge is -2.33. The number of morpholine rings is 1. The molecule has 1 saturated heterocycles. The molecule has 44 heavy (non-hydrogen) atoms. The van der Waals surface area contributed by atoms with Crippen LogP contribution < -0.4 is 25.0 Å². The fourth-order valence-corrected chi connectivity index (χ4v) is 5.94. The number of aromatic nitrogens is 4. The maximum Gasteiger partial charge on any atom is 0.247 e. The molecule has 1 aliphatic heterocycles. The average molecular weight is 635 g/mol. The fraction of sp³-hybridized carbons (Fsp3) is 0.226. The second-order valence-electron chi connectivity index (χ2n) is 10.1. The number of nitrogens with one attached hydrogen (secondary N) is 2. The Hall–Kier alpha value is -4.58. The minimum Gasteiger partial charge on any atom is -0.495 e. The summed E-state index contributed by atoms with van der Waals surface area (Å²) in [6, 6.07) is 9.30. The standard InChI is InChI=1S/C31H29Cl2N7O4/c1-5-25(41)36-22-13-19(39-10-11-44-17(2)16-39)6-7-21(22)37-31-35-15-18-12-20(30-34-8-9-40(30)29(18)38-31)26-27(32)23(42-3)14-24(43-4)28(26)33/h5-9,12-15,17H,1,10-11,16H2,2-4H3,(H,36,41)(H,35,37,38). The van der Waals surface area contributed by atoms with E-state index in [1.165, 1.54) is 20.3 Å². The van der Waals surface area contributed by atoms with Gasteiger partial charge in [0, 0.05) is 59.9 Å². The molecule has 0 bridgehead atoms. The first-order valence-corrected chi connectivity index (χ1v) is 14.5. The van der Waals surface area contributed by atoms with Crippen molar-refractivity contribution in [3.05, 3.63) is 71.6 Å². The molecule has 1 atom stereocenters. The van der Waals surface area contributed by atoms with Crippen LogP contribution in [0.5, 0.6) is 11.5 Å². The number of pyridine rings is 1. The van der Waals surface area contributed by atoms with Gasteiger partial charge in [0.05, 0.1) is 48.4 Å². The van der Waals surface area contributed by atoms with E-state index in [0.717, 1.165) is 18.8 Å². The van der Waals surface area contributed by atoms with Gasteiger partial charge in [-0.15, -0.1) is 0 Å². The summed E-state index contributed by atoms with van der Waals surface area (Å²) in [5.74, 6) is 0.814. The first-order chi connectivity index (χ1) is 21.3. The van der Waals surface area contributed by atoms with Crippen LogP contribution >= 0.6 is 23.2 Å². The number of anilines is 4. The van der Waals surface area contributed by atoms with Gasteiger partial charge in [0.2, 0.25) is 11.9 Å². The lowest BCUT2D eigenvalue weighted by Crippen LogP contribution is -2.41. The van der Waals surface area contributed by atoms with Gasteiger partial charge < -0.3 is 29.7 Å². The molecule has 1 aliphatic rings. The lowest BCUT2D eigenvalue weighted by molar-refractivity contribution is -0.111. The van der Waals surface area contributed by atoms with E-state index in [1.807, 2.05) is 35.6 Å². The van der Waals surface area contributed by atoms with Crippen molar-refractivity contribution in [1.82, 2.24) is 19.4 Å². The van der Waals surface area contributed by atoms with E-state index in [0.29, 0.717) is 73.3 Å². The smallest absolute Gasteiger partial charge is 0.247 e. The van der Waals surface area contributed by atoms with Crippen molar-refractivity contribution in [3.63, 3.8) is 0 Å². The lowest BCUT2D eigenvalue weighted by atomic mass is 10.0. The van der Waals surface area contributed by atoms with E-state index in [2.05, 4.69) is 32.1 Å². The highest BCUT2D eigenvalue weighted by atomic mass is 35.5. The van der Waals surface area contributed by atoms with Gasteiger partial charge in [-0.25, -0.2) is 9.97 Å². The number of ether oxygens (including phenoxy) is 3. The van der Waals surface area contributed by atoms with E-state index < -0.39 is 0 Å². The largest absolute Gasteiger partial charge is 0.495 e. The molecule has 3 aromatic heterocycles. The van der Waals surface area contributed by atoms with Crippen LogP contribution in [0.15, 0.2) is 61.6 Å². The molecular weight excluding hydrogens is 605 g/mol. The SMILES string of the molecule is C=CC(=O)Nc1cc(N2CCOC(C)C2)ccc1Nc1ncc2cc(-c3c(Cl)c(OC)cc(OC)c3Cl)c3nccn3c2n1. The second kappa shape index (κ2) is 12.2. The molecule has 4 heterocycles. The highest BCUT2D eigenvalue weighted by molar-refractivity contribution is 6.41. The van der Waals surface area contributed by atoms with Crippen LogP contribution in [0.4, 0.5) is 23.0 Å². The average Bonchev–Trinajstić information content (AvgIpc) is 3.53. The van der Waals surface area contributed by atoms with Gasteiger partial charge in [-0.3, -0.25) is 9.20 Å². The predicted octanol–water partition coefficient (Wildman–Crippen LogP) is 6.36. The molecule has 0 saturated carbocycles. The van der Waals surface area contributed by atoms with Crippen LogP contribution in [0.3, 0.4) is 0 Å². The van der Waals surface area contributed by atoms with E-state index in [-0.39, 0.29) is 12.0 Å². The van der Waals surface area contributed by atoms with Gasteiger partial charge in [-0.2, -0.15) is 4.98 Å². The molecule has 0 radical (unpaired) electrons. The highest BCUT2D eigenvalue weighted by Gasteiger charge is 2.23. The van der Waals surface area contributed by atoms with Crippen LogP contribution in [0.25, 0.3) is 27.8 Å². The summed E-state index contributed by atoms with van der Waals surface area (Å²) >= 11 is 13.5. The monoisotopic (exact) mass is 633 g/mol. The van der Waals surface area contributed by atoms with E-state index >= 15 is 0 Å². The van der Waals surface area contributed by atoms with Crippen molar-refractivity contribution in [2.45, 2.75) is 13.0 Å². The molecule has 1 amide bonds. The van der Waals surface area contributed by atoms with Gasteiger partial charge >= 0.3 is 0 Å². The molecule has 0 aliphatic carbocycles. The molecule has 2 aromatic carbocycles. The normalized spacial score (nSPS) is 14.9. The number of rotatable bonds is 8. The van der Waals surface area contributed by atoms with E-state index in [4.69, 9.17) is 42.4 Å². The third-order valence-electron chi connectivity index (χ3n) is 7.35. The number of hydrogen-bond donors (Lipinski definition) is 2. The summed E-state index contributed by atoms with van der Waals surface area (Å²) in [7, 11) is 3.05. The van der Waals surface area contributed by atoms with Crippen LogP contribution in [0.2, 0.25) is 10.0 Å². The molecule has 5 aromatic rings. The Kier molecular flexibility index (Phi) is 8.17. The number of amides is 1. The maximum atomic E-state index is 12.3. The Labute approximate surface area is 263 Å². The van der Waals surface area contributed by atoms with Gasteiger partial charge in [-0.05, 0) is 37.3 Å². The minimum atomic E-state index is -0.334. The van der Waals surface area contributed by atoms with E-state index in [1.54, 1.807) is 24.7 Å². The summed E-state index contributed by atoms with van der Waals surface area (Å²) in [6.07, 6.45) is 6.49. The Morgan fingerprint density at radius 3 is 2.57 bits per heavy atom. The van der Waals surface area contributed by atoms with Crippen molar-refractivity contribution in [2.75, 3.05) is 49.4 Å². The number of carbonyl (C=O) groups excluding carboxylic acids is 1. The van der Waals surface area contributed by atoms with Gasteiger partial charge in [0.15, 0.2) is 5.65 Å². The van der Waals surface area contributed by atoms with Gasteiger partial charge in [0.25, 0.3) is 0 Å². The fourth-order valence-electron chi connectivity index (χ4n) is 5.24. The number of carbonyl (C=O) groups is 1. The Morgan fingerprint density at radius 1 is 1.09 bits per heavy atom. The minimum absolute atomic E-state index is 0.109. The predicted molar refractivity (Wildman–Crippen MR) is 173 cm³/mol. The third-order valence-corrected chi connectivity index (χ3v) is 8.10. The molecule has 226 valence electrons. The zero-order valence-corrected chi connectivity index (χ0v) is 25.7. The number of imidazole rings is 1. The van der Waals surface area contributed by atoms with Crippen molar-refractivity contribution in [3.8, 4) is 22.6 Å². The third kappa shape index (κ3) is 5.45. The molecule has 13 heteroatoms. The van der Waals surface area contributed by atoms with Gasteiger partial charge in [-0.1, -0.05) is 29.8 Å². The number of fused-ring (bicyclic) bond motifs is 3. The second-order valence-corrected chi connectivity index (χ2v) is 10.9. The number of nitrogens with zero attached hydrogens (tertiary/aromatic N) is 5. The van der Waals surface area contributed by atoms with Crippen LogP contribution in [0.1, 0.15) is 6.92 Å². The van der Waals surface area contributed by atoms with Crippen LogP contribution in [0, 0.1) is 0 Å². The van der Waals surface area contributed by atoms with E-state index in [9.17, 15) is 4.79 Å². The molecule has 2 N–H and O–H groups in total. The Balaban J connectivity index is 1.41. The maximum absolute atomic E-state index is 12.3. The number of hydrogen-bond acceptors (Lipinski definition) is 9. The Bertz CT molecular complexity index is 1880. The molecule has 1 fully saturated rings. The zero-order valence-electron chi connectivity index (χ0n) is 24.2. The van der Waals surface area contributed by atoms with Crippen molar-refractivity contribution >= 4 is 68.8 Å². The van der Waals surface area contributed by atoms with Crippen molar-refractivity contribution in [2.24, 2.45) is 0 Å². The van der Waals surface area contributed by atoms with Crippen molar-refractivity contribution in [1.29, 1.82) is 0 Å². The summed E-state index contributed by atoms with van der Waals surface area (Å²) < 4.78 is 18.5. The van der Waals surface area contributed by atoms with Crippen molar-refractivity contribution < 1.29 is 19.0 Å². The Morgan fingerprint density at radius 2 is 1.86 bits per heavy atom. The topological polar surface area (TPSA) is 115 Å². The molecule has 0 spiro atoms.